The lowest BCUT2D eigenvalue weighted by Gasteiger charge is -2.13. The molecular formula is C21H18N2O4. The van der Waals surface area contributed by atoms with Gasteiger partial charge in [0.05, 0.1) is 23.9 Å². The van der Waals surface area contributed by atoms with Crippen molar-refractivity contribution in [3.05, 3.63) is 75.6 Å². The molecule has 136 valence electrons. The average molecular weight is 362 g/mol. The van der Waals surface area contributed by atoms with Gasteiger partial charge in [0.15, 0.2) is 0 Å². The third-order valence-electron chi connectivity index (χ3n) is 4.95. The molecule has 1 unspecified atom stereocenters. The Kier molecular flexibility index (Phi) is 4.03. The molecule has 0 bridgehead atoms. The van der Waals surface area contributed by atoms with Gasteiger partial charge in [-0.1, -0.05) is 24.3 Å². The molecule has 4 rings (SSSR count). The number of benzene rings is 2. The lowest BCUT2D eigenvalue weighted by molar-refractivity contribution is 0.0602. The molecule has 1 N–H and O–H groups in total. The second-order valence-corrected chi connectivity index (χ2v) is 6.64. The Hall–Kier alpha value is -3.41. The van der Waals surface area contributed by atoms with Crippen LogP contribution in [0.2, 0.25) is 0 Å². The Bertz CT molecular complexity index is 1150. The standard InChI is InChI=1S/C21H18N2O4/c1-12-10-13-6-5-8-15-18(13)23(12)11-16(19(15)24)20(25)22-17-9-4-3-7-14(17)21(26)27-2/h3-9,11-12H,10H2,1-2H3,(H,22,25). The third kappa shape index (κ3) is 2.70. The Morgan fingerprint density at radius 1 is 1.11 bits per heavy atom. The van der Waals surface area contributed by atoms with Gasteiger partial charge in [-0.05, 0) is 37.1 Å². The highest BCUT2D eigenvalue weighted by molar-refractivity contribution is 6.09. The number of anilines is 1. The molecule has 1 amide bonds. The van der Waals surface area contributed by atoms with E-state index in [0.29, 0.717) is 11.1 Å². The van der Waals surface area contributed by atoms with Crippen molar-refractivity contribution in [1.29, 1.82) is 0 Å². The number of nitrogens with one attached hydrogen (secondary N) is 1. The van der Waals surface area contributed by atoms with Crippen molar-refractivity contribution in [2.45, 2.75) is 19.4 Å². The summed E-state index contributed by atoms with van der Waals surface area (Å²) in [5.41, 5.74) is 2.27. The lowest BCUT2D eigenvalue weighted by atomic mass is 10.1. The number of amides is 1. The quantitative estimate of drug-likeness (QED) is 0.726. The van der Waals surface area contributed by atoms with Crippen LogP contribution >= 0.6 is 0 Å². The third-order valence-corrected chi connectivity index (χ3v) is 4.95. The molecule has 0 saturated heterocycles. The number of rotatable bonds is 3. The van der Waals surface area contributed by atoms with Crippen LogP contribution in [0.25, 0.3) is 10.9 Å². The predicted octanol–water partition coefficient (Wildman–Crippen LogP) is 3.16. The van der Waals surface area contributed by atoms with Crippen molar-refractivity contribution in [2.24, 2.45) is 0 Å². The maximum absolute atomic E-state index is 12.9. The number of hydrogen-bond acceptors (Lipinski definition) is 4. The Morgan fingerprint density at radius 3 is 2.67 bits per heavy atom. The van der Waals surface area contributed by atoms with E-state index in [1.165, 1.54) is 7.11 Å². The minimum Gasteiger partial charge on any atom is -0.465 e. The van der Waals surface area contributed by atoms with Gasteiger partial charge in [-0.2, -0.15) is 0 Å². The molecule has 0 radical (unpaired) electrons. The minimum atomic E-state index is -0.557. The van der Waals surface area contributed by atoms with Gasteiger partial charge in [-0.15, -0.1) is 0 Å². The van der Waals surface area contributed by atoms with E-state index >= 15 is 0 Å². The minimum absolute atomic E-state index is 0.0491. The van der Waals surface area contributed by atoms with E-state index in [1.807, 2.05) is 16.7 Å². The monoisotopic (exact) mass is 362 g/mol. The molecule has 6 nitrogen and oxygen atoms in total. The Balaban J connectivity index is 1.79. The highest BCUT2D eigenvalue weighted by Crippen LogP contribution is 2.31. The smallest absolute Gasteiger partial charge is 0.339 e. The molecular weight excluding hydrogens is 344 g/mol. The van der Waals surface area contributed by atoms with Crippen molar-refractivity contribution < 1.29 is 14.3 Å². The van der Waals surface area contributed by atoms with Crippen LogP contribution in [-0.2, 0) is 11.2 Å². The van der Waals surface area contributed by atoms with Gasteiger partial charge < -0.3 is 14.6 Å². The SMILES string of the molecule is COC(=O)c1ccccc1NC(=O)c1cn2c3c(cccc3c1=O)CC2C. The number of ether oxygens (including phenoxy) is 1. The van der Waals surface area contributed by atoms with Crippen LogP contribution in [0.1, 0.15) is 39.2 Å². The highest BCUT2D eigenvalue weighted by atomic mass is 16.5. The fourth-order valence-electron chi connectivity index (χ4n) is 3.65. The number of methoxy groups -OCH3 is 1. The largest absolute Gasteiger partial charge is 0.465 e. The summed E-state index contributed by atoms with van der Waals surface area (Å²) >= 11 is 0. The van der Waals surface area contributed by atoms with E-state index in [9.17, 15) is 14.4 Å². The molecule has 1 atom stereocenters. The van der Waals surface area contributed by atoms with E-state index in [2.05, 4.69) is 12.2 Å². The van der Waals surface area contributed by atoms with Gasteiger partial charge in [0.2, 0.25) is 5.43 Å². The highest BCUT2D eigenvalue weighted by Gasteiger charge is 2.25. The number of para-hydroxylation sites is 2. The van der Waals surface area contributed by atoms with Gasteiger partial charge in [-0.25, -0.2) is 4.79 Å². The first kappa shape index (κ1) is 17.0. The average Bonchev–Trinajstić information content (AvgIpc) is 3.00. The maximum Gasteiger partial charge on any atom is 0.339 e. The Morgan fingerprint density at radius 2 is 1.89 bits per heavy atom. The molecule has 1 aliphatic heterocycles. The zero-order valence-corrected chi connectivity index (χ0v) is 15.0. The summed E-state index contributed by atoms with van der Waals surface area (Å²) < 4.78 is 6.73. The first-order valence-electron chi connectivity index (χ1n) is 8.66. The topological polar surface area (TPSA) is 77.4 Å². The van der Waals surface area contributed by atoms with Gasteiger partial charge in [-0.3, -0.25) is 9.59 Å². The van der Waals surface area contributed by atoms with E-state index < -0.39 is 11.9 Å². The number of carbonyl (C=O) groups is 2. The van der Waals surface area contributed by atoms with Crippen molar-refractivity contribution >= 4 is 28.5 Å². The summed E-state index contributed by atoms with van der Waals surface area (Å²) in [6.45, 7) is 2.05. The van der Waals surface area contributed by atoms with Gasteiger partial charge in [0.25, 0.3) is 5.91 Å². The van der Waals surface area contributed by atoms with Crippen LogP contribution < -0.4 is 10.7 Å². The lowest BCUT2D eigenvalue weighted by Crippen LogP contribution is -2.24. The number of esters is 1. The second kappa shape index (κ2) is 6.39. The zero-order chi connectivity index (χ0) is 19.1. The molecule has 0 spiro atoms. The van der Waals surface area contributed by atoms with E-state index in [4.69, 9.17) is 4.74 Å². The summed E-state index contributed by atoms with van der Waals surface area (Å²) in [6, 6.07) is 12.3. The molecule has 1 aromatic heterocycles. The van der Waals surface area contributed by atoms with Crippen LogP contribution in [-0.4, -0.2) is 23.6 Å². The molecule has 3 aromatic rings. The summed E-state index contributed by atoms with van der Waals surface area (Å²) in [5.74, 6) is -1.11. The van der Waals surface area contributed by atoms with Crippen LogP contribution in [0.3, 0.4) is 0 Å². The van der Waals surface area contributed by atoms with Crippen molar-refractivity contribution in [2.75, 3.05) is 12.4 Å². The van der Waals surface area contributed by atoms with Crippen LogP contribution in [0, 0.1) is 0 Å². The van der Waals surface area contributed by atoms with Gasteiger partial charge >= 0.3 is 5.97 Å². The van der Waals surface area contributed by atoms with Gasteiger partial charge in [0, 0.05) is 17.6 Å². The first-order valence-corrected chi connectivity index (χ1v) is 8.66. The van der Waals surface area contributed by atoms with Crippen molar-refractivity contribution in [1.82, 2.24) is 4.57 Å². The summed E-state index contributed by atoms with van der Waals surface area (Å²) in [6.07, 6.45) is 2.44. The zero-order valence-electron chi connectivity index (χ0n) is 15.0. The van der Waals surface area contributed by atoms with E-state index in [0.717, 1.165) is 17.5 Å². The molecule has 2 heterocycles. The molecule has 2 aromatic carbocycles. The number of nitrogens with zero attached hydrogens (tertiary/aromatic N) is 1. The summed E-state index contributed by atoms with van der Waals surface area (Å²) in [5, 5.41) is 3.21. The molecule has 27 heavy (non-hydrogen) atoms. The summed E-state index contributed by atoms with van der Waals surface area (Å²) in [4.78, 5) is 37.7. The van der Waals surface area contributed by atoms with Gasteiger partial charge in [0.1, 0.15) is 5.56 Å². The van der Waals surface area contributed by atoms with Crippen molar-refractivity contribution in [3.63, 3.8) is 0 Å². The maximum atomic E-state index is 12.9. The van der Waals surface area contributed by atoms with E-state index in [1.54, 1.807) is 36.5 Å². The normalized spacial score (nSPS) is 15.0. The molecule has 0 aliphatic carbocycles. The van der Waals surface area contributed by atoms with Crippen LogP contribution in [0.4, 0.5) is 5.69 Å². The molecule has 0 fully saturated rings. The molecule has 1 aliphatic rings. The van der Waals surface area contributed by atoms with Crippen LogP contribution in [0.5, 0.6) is 0 Å². The first-order chi connectivity index (χ1) is 13.0. The number of pyridine rings is 1. The number of hydrogen-bond donors (Lipinski definition) is 1. The fourth-order valence-corrected chi connectivity index (χ4v) is 3.65. The summed E-state index contributed by atoms with van der Waals surface area (Å²) in [7, 11) is 1.28. The van der Waals surface area contributed by atoms with E-state index in [-0.39, 0.29) is 22.6 Å². The Labute approximate surface area is 155 Å². The predicted molar refractivity (Wildman–Crippen MR) is 102 cm³/mol. The fraction of sp³-hybridized carbons (Fsp3) is 0.190. The number of aromatic nitrogens is 1. The van der Waals surface area contributed by atoms with Crippen LogP contribution in [0.15, 0.2) is 53.5 Å². The molecule has 0 saturated carbocycles. The second-order valence-electron chi connectivity index (χ2n) is 6.64. The number of carbonyl (C=O) groups excluding carboxylic acids is 2. The molecule has 6 heteroatoms. The van der Waals surface area contributed by atoms with Crippen molar-refractivity contribution in [3.8, 4) is 0 Å².